The van der Waals surface area contributed by atoms with Crippen molar-refractivity contribution in [1.82, 2.24) is 5.32 Å². The van der Waals surface area contributed by atoms with Crippen LogP contribution in [-0.2, 0) is 4.74 Å². The minimum Gasteiger partial charge on any atom is -0.381 e. The third kappa shape index (κ3) is 4.16. The lowest BCUT2D eigenvalue weighted by atomic mass is 9.99. The van der Waals surface area contributed by atoms with Crippen LogP contribution in [-0.4, -0.2) is 31.7 Å². The zero-order valence-electron chi connectivity index (χ0n) is 9.26. The molecule has 1 heterocycles. The summed E-state index contributed by atoms with van der Waals surface area (Å²) in [4.78, 5) is 0. The van der Waals surface area contributed by atoms with Gasteiger partial charge >= 0.3 is 0 Å². The van der Waals surface area contributed by atoms with Gasteiger partial charge in [-0.25, -0.2) is 0 Å². The molecule has 2 unspecified atom stereocenters. The predicted molar refractivity (Wildman–Crippen MR) is 60.9 cm³/mol. The largest absolute Gasteiger partial charge is 0.381 e. The van der Waals surface area contributed by atoms with Crippen LogP contribution in [0.5, 0.6) is 0 Å². The Morgan fingerprint density at radius 2 is 2.00 bits per heavy atom. The highest BCUT2D eigenvalue weighted by atomic mass is 35.5. The second-order valence-electron chi connectivity index (χ2n) is 4.38. The van der Waals surface area contributed by atoms with Crippen molar-refractivity contribution in [1.29, 1.82) is 0 Å². The maximum Gasteiger partial charge on any atom is 0.0469 e. The van der Waals surface area contributed by atoms with Crippen molar-refractivity contribution >= 4 is 11.6 Å². The van der Waals surface area contributed by atoms with Gasteiger partial charge in [-0.3, -0.25) is 0 Å². The van der Waals surface area contributed by atoms with Crippen molar-refractivity contribution in [2.45, 2.75) is 32.7 Å². The minimum atomic E-state index is 0.523. The molecule has 0 radical (unpaired) electrons. The molecule has 0 aromatic heterocycles. The summed E-state index contributed by atoms with van der Waals surface area (Å²) in [6.45, 7) is 7.39. The normalized spacial score (nSPS) is 23.4. The molecular weight excluding hydrogens is 198 g/mol. The Hall–Kier alpha value is 0.210. The van der Waals surface area contributed by atoms with Gasteiger partial charge in [-0.1, -0.05) is 6.92 Å². The van der Waals surface area contributed by atoms with Crippen molar-refractivity contribution in [2.24, 2.45) is 11.8 Å². The highest BCUT2D eigenvalue weighted by Gasteiger charge is 2.16. The molecule has 0 aromatic carbocycles. The van der Waals surface area contributed by atoms with Gasteiger partial charge in [0, 0.05) is 25.1 Å². The molecule has 14 heavy (non-hydrogen) atoms. The lowest BCUT2D eigenvalue weighted by Gasteiger charge is -2.26. The maximum absolute atomic E-state index is 5.81. The number of alkyl halides is 1. The van der Waals surface area contributed by atoms with E-state index < -0.39 is 0 Å². The Kier molecular flexibility index (Phi) is 5.83. The topological polar surface area (TPSA) is 21.3 Å². The quantitative estimate of drug-likeness (QED) is 0.717. The van der Waals surface area contributed by atoms with Gasteiger partial charge in [0.05, 0.1) is 0 Å². The van der Waals surface area contributed by atoms with Crippen molar-refractivity contribution in [2.75, 3.05) is 25.6 Å². The second kappa shape index (κ2) is 6.65. The van der Waals surface area contributed by atoms with E-state index in [1.165, 1.54) is 12.8 Å². The van der Waals surface area contributed by atoms with E-state index in [4.69, 9.17) is 16.3 Å². The van der Waals surface area contributed by atoms with Gasteiger partial charge in [0.15, 0.2) is 0 Å². The van der Waals surface area contributed by atoms with E-state index >= 15 is 0 Å². The average Bonchev–Trinajstić information content (AvgIpc) is 2.26. The Balaban J connectivity index is 2.12. The fourth-order valence-electron chi connectivity index (χ4n) is 1.64. The molecule has 2 nitrogen and oxygen atoms in total. The predicted octanol–water partition coefficient (Wildman–Crippen LogP) is 2.27. The number of nitrogens with one attached hydrogen (secondary N) is 1. The Labute approximate surface area is 92.3 Å². The van der Waals surface area contributed by atoms with Crippen LogP contribution in [0.15, 0.2) is 0 Å². The Bertz CT molecular complexity index is 146. The third-order valence-electron chi connectivity index (χ3n) is 3.17. The molecular formula is C11H22ClNO. The van der Waals surface area contributed by atoms with Crippen molar-refractivity contribution in [3.05, 3.63) is 0 Å². The fraction of sp³-hybridized carbons (Fsp3) is 1.00. The zero-order valence-corrected chi connectivity index (χ0v) is 10.0. The Morgan fingerprint density at radius 1 is 1.36 bits per heavy atom. The molecule has 0 aromatic rings. The highest BCUT2D eigenvalue weighted by Crippen LogP contribution is 2.14. The molecule has 1 rings (SSSR count). The number of ether oxygens (including phenoxy) is 1. The molecule has 1 N–H and O–H groups in total. The highest BCUT2D eigenvalue weighted by molar-refractivity contribution is 6.18. The summed E-state index contributed by atoms with van der Waals surface area (Å²) in [5.74, 6) is 2.09. The van der Waals surface area contributed by atoms with Crippen LogP contribution in [0.3, 0.4) is 0 Å². The number of hydrogen-bond acceptors (Lipinski definition) is 2. The summed E-state index contributed by atoms with van der Waals surface area (Å²) in [6.07, 6.45) is 2.41. The first kappa shape index (κ1) is 12.3. The minimum absolute atomic E-state index is 0.523. The van der Waals surface area contributed by atoms with Gasteiger partial charge < -0.3 is 10.1 Å². The van der Waals surface area contributed by atoms with Gasteiger partial charge in [-0.05, 0) is 38.1 Å². The summed E-state index contributed by atoms with van der Waals surface area (Å²) in [5.41, 5.74) is 0. The molecule has 1 saturated heterocycles. The standard InChI is InChI=1S/C11H22ClNO/c1-9(7-12)10(2)13-8-11-3-5-14-6-4-11/h9-11,13H,3-8H2,1-2H3. The van der Waals surface area contributed by atoms with Crippen LogP contribution in [0.25, 0.3) is 0 Å². The summed E-state index contributed by atoms with van der Waals surface area (Å²) >= 11 is 5.81. The first-order chi connectivity index (χ1) is 6.74. The average molecular weight is 220 g/mol. The van der Waals surface area contributed by atoms with E-state index in [-0.39, 0.29) is 0 Å². The van der Waals surface area contributed by atoms with E-state index in [0.717, 1.165) is 31.6 Å². The third-order valence-corrected chi connectivity index (χ3v) is 3.65. The molecule has 0 amide bonds. The molecule has 1 aliphatic heterocycles. The summed E-state index contributed by atoms with van der Waals surface area (Å²) in [7, 11) is 0. The molecule has 1 fully saturated rings. The van der Waals surface area contributed by atoms with Crippen LogP contribution < -0.4 is 5.32 Å². The Morgan fingerprint density at radius 3 is 2.57 bits per heavy atom. The summed E-state index contributed by atoms with van der Waals surface area (Å²) in [5, 5.41) is 3.56. The molecule has 0 aliphatic carbocycles. The first-order valence-corrected chi connectivity index (χ1v) is 6.14. The fourth-order valence-corrected chi connectivity index (χ4v) is 1.91. The lowest BCUT2D eigenvalue weighted by molar-refractivity contribution is 0.0651. The number of halogens is 1. The zero-order chi connectivity index (χ0) is 10.4. The van der Waals surface area contributed by atoms with Crippen molar-refractivity contribution in [3.8, 4) is 0 Å². The van der Waals surface area contributed by atoms with Gasteiger partial charge in [0.2, 0.25) is 0 Å². The molecule has 0 spiro atoms. The van der Waals surface area contributed by atoms with Gasteiger partial charge in [0.1, 0.15) is 0 Å². The van der Waals surface area contributed by atoms with Crippen molar-refractivity contribution < 1.29 is 4.74 Å². The van der Waals surface area contributed by atoms with E-state index in [1.807, 2.05) is 0 Å². The van der Waals surface area contributed by atoms with Gasteiger partial charge in [-0.2, -0.15) is 0 Å². The van der Waals surface area contributed by atoms with Gasteiger partial charge in [0.25, 0.3) is 0 Å². The van der Waals surface area contributed by atoms with E-state index in [0.29, 0.717) is 12.0 Å². The monoisotopic (exact) mass is 219 g/mol. The molecule has 0 bridgehead atoms. The lowest BCUT2D eigenvalue weighted by Crippen LogP contribution is -2.37. The van der Waals surface area contributed by atoms with Crippen molar-refractivity contribution in [3.63, 3.8) is 0 Å². The summed E-state index contributed by atoms with van der Waals surface area (Å²) in [6, 6.07) is 0.523. The van der Waals surface area contributed by atoms with Crippen LogP contribution in [0, 0.1) is 11.8 Å². The van der Waals surface area contributed by atoms with Crippen LogP contribution >= 0.6 is 11.6 Å². The number of hydrogen-bond donors (Lipinski definition) is 1. The van der Waals surface area contributed by atoms with E-state index in [2.05, 4.69) is 19.2 Å². The molecule has 84 valence electrons. The molecule has 0 saturated carbocycles. The molecule has 3 heteroatoms. The van der Waals surface area contributed by atoms with Gasteiger partial charge in [-0.15, -0.1) is 11.6 Å². The van der Waals surface area contributed by atoms with E-state index in [1.54, 1.807) is 0 Å². The van der Waals surface area contributed by atoms with E-state index in [9.17, 15) is 0 Å². The smallest absolute Gasteiger partial charge is 0.0469 e. The SMILES string of the molecule is CC(CCl)C(C)NCC1CCOCC1. The molecule has 2 atom stereocenters. The van der Waals surface area contributed by atoms with Crippen LogP contribution in [0.4, 0.5) is 0 Å². The maximum atomic E-state index is 5.81. The second-order valence-corrected chi connectivity index (χ2v) is 4.69. The molecule has 1 aliphatic rings. The first-order valence-electron chi connectivity index (χ1n) is 5.61. The number of rotatable bonds is 5. The summed E-state index contributed by atoms with van der Waals surface area (Å²) < 4.78 is 5.33. The van der Waals surface area contributed by atoms with Crippen LogP contribution in [0.1, 0.15) is 26.7 Å². The van der Waals surface area contributed by atoms with Crippen LogP contribution in [0.2, 0.25) is 0 Å².